The van der Waals surface area contributed by atoms with Crippen LogP contribution in [0.2, 0.25) is 0 Å². The predicted molar refractivity (Wildman–Crippen MR) is 84.8 cm³/mol. The molecule has 1 aliphatic rings. The molecule has 0 aromatic carbocycles. The van der Waals surface area contributed by atoms with Crippen LogP contribution < -0.4 is 9.80 Å². The van der Waals surface area contributed by atoms with E-state index >= 15 is 0 Å². The van der Waals surface area contributed by atoms with Gasteiger partial charge in [-0.25, -0.2) is 4.98 Å². The molecule has 3 heterocycles. The van der Waals surface area contributed by atoms with Gasteiger partial charge in [0.1, 0.15) is 5.82 Å². The lowest BCUT2D eigenvalue weighted by atomic mass is 10.3. The summed E-state index contributed by atoms with van der Waals surface area (Å²) >= 11 is 0. The number of rotatable bonds is 2. The maximum Gasteiger partial charge on any atom is 0.151 e. The van der Waals surface area contributed by atoms with E-state index in [1.54, 1.807) is 0 Å². The summed E-state index contributed by atoms with van der Waals surface area (Å²) in [6.45, 7) is 7.96. The molecule has 5 nitrogen and oxygen atoms in total. The van der Waals surface area contributed by atoms with Gasteiger partial charge in [-0.2, -0.15) is 5.10 Å². The van der Waals surface area contributed by atoms with Crippen molar-refractivity contribution in [3.8, 4) is 0 Å². The van der Waals surface area contributed by atoms with E-state index in [4.69, 9.17) is 0 Å². The van der Waals surface area contributed by atoms with Gasteiger partial charge in [0.25, 0.3) is 0 Å². The van der Waals surface area contributed by atoms with Crippen molar-refractivity contribution in [2.24, 2.45) is 0 Å². The minimum atomic E-state index is 0.952. The Bertz CT molecular complexity index is 596. The van der Waals surface area contributed by atoms with E-state index in [9.17, 15) is 0 Å². The number of nitrogens with zero attached hydrogens (tertiary/aromatic N) is 5. The van der Waals surface area contributed by atoms with Crippen molar-refractivity contribution in [2.45, 2.75) is 20.3 Å². The molecule has 3 rings (SSSR count). The molecule has 0 radical (unpaired) electrons. The topological polar surface area (TPSA) is 45.2 Å². The number of anilines is 2. The van der Waals surface area contributed by atoms with Crippen LogP contribution in [0, 0.1) is 13.8 Å². The van der Waals surface area contributed by atoms with Crippen LogP contribution in [-0.4, -0.2) is 41.4 Å². The third kappa shape index (κ3) is 3.29. The fraction of sp³-hybridized carbons (Fsp3) is 0.438. The number of pyridine rings is 1. The second-order valence-corrected chi connectivity index (χ2v) is 5.50. The summed E-state index contributed by atoms with van der Waals surface area (Å²) in [7, 11) is 0. The summed E-state index contributed by atoms with van der Waals surface area (Å²) in [5.41, 5.74) is 2.03. The van der Waals surface area contributed by atoms with Gasteiger partial charge in [-0.05, 0) is 44.5 Å². The summed E-state index contributed by atoms with van der Waals surface area (Å²) in [6, 6.07) is 10.3. The molecule has 0 bridgehead atoms. The first-order chi connectivity index (χ1) is 10.2. The highest BCUT2D eigenvalue weighted by Crippen LogP contribution is 2.17. The highest BCUT2D eigenvalue weighted by Gasteiger charge is 2.17. The molecule has 0 atom stereocenters. The van der Waals surface area contributed by atoms with Crippen molar-refractivity contribution in [1.29, 1.82) is 0 Å². The first-order valence-corrected chi connectivity index (χ1v) is 7.46. The zero-order valence-corrected chi connectivity index (χ0v) is 12.7. The molecule has 1 saturated heterocycles. The van der Waals surface area contributed by atoms with Crippen LogP contribution in [0.15, 0.2) is 30.3 Å². The summed E-state index contributed by atoms with van der Waals surface area (Å²) < 4.78 is 0. The van der Waals surface area contributed by atoms with Gasteiger partial charge in [0.05, 0.1) is 5.69 Å². The highest BCUT2D eigenvalue weighted by atomic mass is 15.3. The molecular weight excluding hydrogens is 262 g/mol. The van der Waals surface area contributed by atoms with Crippen LogP contribution in [0.4, 0.5) is 11.6 Å². The SMILES string of the molecule is Cc1ccc(N2CCCN(c3cccc(C)n3)CC2)nn1. The van der Waals surface area contributed by atoms with Crippen LogP contribution in [0.5, 0.6) is 0 Å². The Morgan fingerprint density at radius 3 is 2.19 bits per heavy atom. The van der Waals surface area contributed by atoms with Crippen molar-refractivity contribution < 1.29 is 0 Å². The molecule has 0 aliphatic carbocycles. The molecule has 0 spiro atoms. The molecule has 0 amide bonds. The fourth-order valence-electron chi connectivity index (χ4n) is 2.64. The van der Waals surface area contributed by atoms with Gasteiger partial charge in [0, 0.05) is 31.9 Å². The third-order valence-corrected chi connectivity index (χ3v) is 3.80. The molecule has 2 aromatic rings. The Labute approximate surface area is 125 Å². The van der Waals surface area contributed by atoms with Gasteiger partial charge in [-0.15, -0.1) is 5.10 Å². The molecular formula is C16H21N5. The van der Waals surface area contributed by atoms with E-state index in [0.29, 0.717) is 0 Å². The van der Waals surface area contributed by atoms with E-state index in [2.05, 4.69) is 43.2 Å². The van der Waals surface area contributed by atoms with Gasteiger partial charge in [-0.1, -0.05) is 6.07 Å². The first-order valence-electron chi connectivity index (χ1n) is 7.46. The van der Waals surface area contributed by atoms with Crippen molar-refractivity contribution >= 4 is 11.6 Å². The Kier molecular flexibility index (Phi) is 3.99. The number of hydrogen-bond donors (Lipinski definition) is 0. The normalized spacial score (nSPS) is 15.9. The van der Waals surface area contributed by atoms with E-state index in [-0.39, 0.29) is 0 Å². The van der Waals surface area contributed by atoms with Gasteiger partial charge < -0.3 is 9.80 Å². The zero-order valence-electron chi connectivity index (χ0n) is 12.7. The van der Waals surface area contributed by atoms with Crippen molar-refractivity contribution in [3.05, 3.63) is 41.7 Å². The Morgan fingerprint density at radius 2 is 1.52 bits per heavy atom. The number of aryl methyl sites for hydroxylation is 2. The molecule has 0 saturated carbocycles. The molecule has 21 heavy (non-hydrogen) atoms. The van der Waals surface area contributed by atoms with E-state index in [1.807, 2.05) is 26.0 Å². The third-order valence-electron chi connectivity index (χ3n) is 3.80. The van der Waals surface area contributed by atoms with Crippen molar-refractivity contribution in [3.63, 3.8) is 0 Å². The molecule has 1 aliphatic heterocycles. The van der Waals surface area contributed by atoms with E-state index in [1.165, 1.54) is 0 Å². The van der Waals surface area contributed by atoms with Crippen LogP contribution in [-0.2, 0) is 0 Å². The highest BCUT2D eigenvalue weighted by molar-refractivity contribution is 5.42. The maximum absolute atomic E-state index is 4.63. The average molecular weight is 283 g/mol. The summed E-state index contributed by atoms with van der Waals surface area (Å²) in [6.07, 6.45) is 1.10. The lowest BCUT2D eigenvalue weighted by Crippen LogP contribution is -2.31. The fourth-order valence-corrected chi connectivity index (χ4v) is 2.64. The van der Waals surface area contributed by atoms with E-state index < -0.39 is 0 Å². The molecule has 0 unspecified atom stereocenters. The van der Waals surface area contributed by atoms with Gasteiger partial charge >= 0.3 is 0 Å². The minimum absolute atomic E-state index is 0.952. The van der Waals surface area contributed by atoms with Crippen LogP contribution in [0.3, 0.4) is 0 Å². The molecule has 2 aromatic heterocycles. The van der Waals surface area contributed by atoms with Crippen LogP contribution in [0.25, 0.3) is 0 Å². The standard InChI is InChI=1S/C16H21N5/c1-13-5-3-6-15(17-13)20-9-4-10-21(12-11-20)16-8-7-14(2)18-19-16/h3,5-8H,4,9-12H2,1-2H3. The van der Waals surface area contributed by atoms with Gasteiger partial charge in [0.15, 0.2) is 5.82 Å². The second-order valence-electron chi connectivity index (χ2n) is 5.50. The average Bonchev–Trinajstić information content (AvgIpc) is 2.74. The predicted octanol–water partition coefficient (Wildman–Crippen LogP) is 2.21. The summed E-state index contributed by atoms with van der Waals surface area (Å²) in [4.78, 5) is 9.29. The Balaban J connectivity index is 1.70. The number of aromatic nitrogens is 3. The zero-order chi connectivity index (χ0) is 14.7. The van der Waals surface area contributed by atoms with Gasteiger partial charge in [-0.3, -0.25) is 0 Å². The Hall–Kier alpha value is -2.17. The smallest absolute Gasteiger partial charge is 0.151 e. The Morgan fingerprint density at radius 1 is 0.762 bits per heavy atom. The van der Waals surface area contributed by atoms with Crippen molar-refractivity contribution in [2.75, 3.05) is 36.0 Å². The van der Waals surface area contributed by atoms with Crippen LogP contribution >= 0.6 is 0 Å². The van der Waals surface area contributed by atoms with Crippen LogP contribution in [0.1, 0.15) is 17.8 Å². The monoisotopic (exact) mass is 283 g/mol. The lowest BCUT2D eigenvalue weighted by molar-refractivity contribution is 0.782. The quantitative estimate of drug-likeness (QED) is 0.845. The largest absolute Gasteiger partial charge is 0.355 e. The number of hydrogen-bond acceptors (Lipinski definition) is 5. The summed E-state index contributed by atoms with van der Waals surface area (Å²) in [5.74, 6) is 2.05. The maximum atomic E-state index is 4.63. The van der Waals surface area contributed by atoms with Crippen molar-refractivity contribution in [1.82, 2.24) is 15.2 Å². The molecule has 0 N–H and O–H groups in total. The first kappa shape index (κ1) is 13.8. The van der Waals surface area contributed by atoms with Gasteiger partial charge in [0.2, 0.25) is 0 Å². The van der Waals surface area contributed by atoms with E-state index in [0.717, 1.165) is 55.6 Å². The molecule has 5 heteroatoms. The molecule has 1 fully saturated rings. The second kappa shape index (κ2) is 6.08. The lowest BCUT2D eigenvalue weighted by Gasteiger charge is -2.23. The molecule has 110 valence electrons. The minimum Gasteiger partial charge on any atom is -0.355 e. The summed E-state index contributed by atoms with van der Waals surface area (Å²) in [5, 5.41) is 8.45.